The van der Waals surface area contributed by atoms with Crippen molar-refractivity contribution in [2.45, 2.75) is 18.6 Å². The summed E-state index contributed by atoms with van der Waals surface area (Å²) in [6, 6.07) is 6.08. The van der Waals surface area contributed by atoms with E-state index in [0.717, 1.165) is 5.56 Å². The maximum absolute atomic E-state index is 13.4. The summed E-state index contributed by atoms with van der Waals surface area (Å²) >= 11 is 0. The van der Waals surface area contributed by atoms with Crippen LogP contribution in [0.3, 0.4) is 0 Å². The number of benzene rings is 1. The van der Waals surface area contributed by atoms with E-state index < -0.39 is 12.6 Å². The fourth-order valence-electron chi connectivity index (χ4n) is 2.05. The second-order valence-corrected chi connectivity index (χ2v) is 5.28. The number of nitrogens with zero attached hydrogens (tertiary/aromatic N) is 2. The third-order valence-electron chi connectivity index (χ3n) is 3.24. The molecule has 0 aliphatic carbocycles. The number of rotatable bonds is 6. The molecule has 0 saturated heterocycles. The zero-order valence-electron chi connectivity index (χ0n) is 13.8. The van der Waals surface area contributed by atoms with E-state index in [0.29, 0.717) is 6.54 Å². The largest absolute Gasteiger partial charge is 0.390 e. The van der Waals surface area contributed by atoms with Crippen molar-refractivity contribution in [2.24, 2.45) is 4.99 Å². The lowest BCUT2D eigenvalue weighted by Gasteiger charge is -2.26. The van der Waals surface area contributed by atoms with Gasteiger partial charge < -0.3 is 15.5 Å². The van der Waals surface area contributed by atoms with Crippen LogP contribution in [0.4, 0.5) is 17.6 Å². The Bertz CT molecular complexity index is 520. The second-order valence-electron chi connectivity index (χ2n) is 5.28. The van der Waals surface area contributed by atoms with Crippen molar-refractivity contribution in [1.82, 2.24) is 15.5 Å². The lowest BCUT2D eigenvalue weighted by molar-refractivity contribution is -0.132. The molecule has 1 unspecified atom stereocenters. The number of hydrogen-bond acceptors (Lipinski definition) is 2. The van der Waals surface area contributed by atoms with Crippen molar-refractivity contribution in [3.63, 3.8) is 0 Å². The van der Waals surface area contributed by atoms with Gasteiger partial charge in [0.25, 0.3) is 0 Å². The first kappa shape index (κ1) is 22.9. The van der Waals surface area contributed by atoms with Gasteiger partial charge in [-0.1, -0.05) is 12.1 Å². The van der Waals surface area contributed by atoms with Crippen molar-refractivity contribution in [3.8, 4) is 0 Å². The molecule has 0 radical (unpaired) electrons. The number of hydrogen-bond donors (Lipinski definition) is 2. The molecular weight excluding hydrogens is 439 g/mol. The first-order valence-corrected chi connectivity index (χ1v) is 7.16. The molecule has 9 heteroatoms. The predicted molar refractivity (Wildman–Crippen MR) is 98.3 cm³/mol. The molecule has 1 aromatic rings. The van der Waals surface area contributed by atoms with Gasteiger partial charge in [-0.3, -0.25) is 4.99 Å². The van der Waals surface area contributed by atoms with Crippen LogP contribution in [0.1, 0.15) is 18.0 Å². The van der Waals surface area contributed by atoms with Crippen LogP contribution in [-0.2, 0) is 0 Å². The summed E-state index contributed by atoms with van der Waals surface area (Å²) < 4.78 is 49.8. The van der Waals surface area contributed by atoms with Crippen LogP contribution in [0.25, 0.3) is 0 Å². The highest BCUT2D eigenvalue weighted by Crippen LogP contribution is 2.19. The third-order valence-corrected chi connectivity index (χ3v) is 3.24. The minimum Gasteiger partial charge on any atom is -0.356 e. The van der Waals surface area contributed by atoms with Crippen molar-refractivity contribution in [3.05, 3.63) is 35.6 Å². The van der Waals surface area contributed by atoms with E-state index in [2.05, 4.69) is 15.6 Å². The van der Waals surface area contributed by atoms with Gasteiger partial charge in [-0.15, -0.1) is 24.0 Å². The van der Waals surface area contributed by atoms with E-state index in [4.69, 9.17) is 0 Å². The van der Waals surface area contributed by atoms with Crippen LogP contribution in [0.15, 0.2) is 29.3 Å². The van der Waals surface area contributed by atoms with Gasteiger partial charge in [0.1, 0.15) is 5.82 Å². The summed E-state index contributed by atoms with van der Waals surface area (Å²) in [7, 11) is 5.17. The summed E-state index contributed by atoms with van der Waals surface area (Å²) in [6.07, 6.45) is -5.14. The Morgan fingerprint density at radius 2 is 1.92 bits per heavy atom. The van der Waals surface area contributed by atoms with Gasteiger partial charge >= 0.3 is 6.18 Å². The summed E-state index contributed by atoms with van der Waals surface area (Å²) in [4.78, 5) is 5.78. The normalized spacial score (nSPS) is 13.4. The lowest BCUT2D eigenvalue weighted by Crippen LogP contribution is -2.42. The molecule has 0 fully saturated rings. The van der Waals surface area contributed by atoms with Crippen LogP contribution in [0.5, 0.6) is 0 Å². The molecule has 0 heterocycles. The Kier molecular flexibility index (Phi) is 10.2. The van der Waals surface area contributed by atoms with Gasteiger partial charge in [0.2, 0.25) is 0 Å². The van der Waals surface area contributed by atoms with Crippen molar-refractivity contribution < 1.29 is 17.6 Å². The Hall–Kier alpha value is -1.10. The van der Waals surface area contributed by atoms with Gasteiger partial charge in [-0.25, -0.2) is 4.39 Å². The molecule has 1 aromatic carbocycles. The smallest absolute Gasteiger partial charge is 0.356 e. The van der Waals surface area contributed by atoms with Crippen LogP contribution >= 0.6 is 24.0 Å². The summed E-state index contributed by atoms with van der Waals surface area (Å²) in [5.74, 6) is -0.0560. The Balaban J connectivity index is 0.00000529. The molecule has 2 N–H and O–H groups in total. The maximum Gasteiger partial charge on any atom is 0.390 e. The molecule has 0 aromatic heterocycles. The van der Waals surface area contributed by atoms with Crippen molar-refractivity contribution >= 4 is 29.9 Å². The fraction of sp³-hybridized carbons (Fsp3) is 0.533. The lowest BCUT2D eigenvalue weighted by atomic mass is 10.1. The molecule has 0 aliphatic rings. The SMILES string of the molecule is CN=C(NCCC(F)(F)F)NCC(c1cccc(F)c1)N(C)C.I. The molecule has 0 amide bonds. The zero-order valence-corrected chi connectivity index (χ0v) is 16.2. The van der Waals surface area contributed by atoms with Crippen LogP contribution in [0, 0.1) is 5.82 Å². The molecule has 0 saturated carbocycles. The Morgan fingerprint density at radius 1 is 1.25 bits per heavy atom. The molecule has 0 bridgehead atoms. The van der Waals surface area contributed by atoms with Crippen LogP contribution in [-0.4, -0.2) is 51.3 Å². The standard InChI is InChI=1S/C15H22F4N4.HI/c1-20-14(21-8-7-15(17,18)19)22-10-13(23(2)3)11-5-4-6-12(16)9-11;/h4-6,9,13H,7-8,10H2,1-3H3,(H2,20,21,22);1H. The van der Waals surface area contributed by atoms with Crippen LogP contribution in [0.2, 0.25) is 0 Å². The maximum atomic E-state index is 13.4. The van der Waals surface area contributed by atoms with E-state index in [9.17, 15) is 17.6 Å². The average molecular weight is 462 g/mol. The molecular formula is C15H23F4IN4. The minimum absolute atomic E-state index is 0. The molecule has 24 heavy (non-hydrogen) atoms. The van der Waals surface area contributed by atoms with Gasteiger partial charge in [-0.05, 0) is 31.8 Å². The van der Waals surface area contributed by atoms with Crippen molar-refractivity contribution in [1.29, 1.82) is 0 Å². The number of aliphatic imine (C=N–C) groups is 1. The molecule has 1 atom stereocenters. The number of alkyl halides is 3. The average Bonchev–Trinajstić information content (AvgIpc) is 2.44. The van der Waals surface area contributed by atoms with Crippen LogP contribution < -0.4 is 10.6 Å². The minimum atomic E-state index is -4.21. The first-order chi connectivity index (χ1) is 10.7. The van der Waals surface area contributed by atoms with Gasteiger partial charge in [0, 0.05) is 20.1 Å². The Morgan fingerprint density at radius 3 is 2.42 bits per heavy atom. The van der Waals surface area contributed by atoms with E-state index >= 15 is 0 Å². The van der Waals surface area contributed by atoms with Gasteiger partial charge in [0.15, 0.2) is 5.96 Å². The third kappa shape index (κ3) is 8.67. The van der Waals surface area contributed by atoms with E-state index in [1.807, 2.05) is 19.0 Å². The van der Waals surface area contributed by atoms with Gasteiger partial charge in [0.05, 0.1) is 12.5 Å². The van der Waals surface area contributed by atoms with Gasteiger partial charge in [-0.2, -0.15) is 13.2 Å². The number of guanidine groups is 1. The second kappa shape index (κ2) is 10.7. The number of halogens is 5. The van der Waals surface area contributed by atoms with E-state index in [-0.39, 0.29) is 48.3 Å². The molecule has 0 spiro atoms. The monoisotopic (exact) mass is 462 g/mol. The highest BCUT2D eigenvalue weighted by atomic mass is 127. The molecule has 138 valence electrons. The topological polar surface area (TPSA) is 39.7 Å². The highest BCUT2D eigenvalue weighted by molar-refractivity contribution is 14.0. The molecule has 1 rings (SSSR count). The summed E-state index contributed by atoms with van der Waals surface area (Å²) in [6.45, 7) is 0.123. The van der Waals surface area contributed by atoms with E-state index in [1.165, 1.54) is 19.2 Å². The molecule has 0 aliphatic heterocycles. The fourth-order valence-corrected chi connectivity index (χ4v) is 2.05. The Labute approximate surface area is 156 Å². The number of likely N-dealkylation sites (N-methyl/N-ethyl adjacent to an activating group) is 1. The first-order valence-electron chi connectivity index (χ1n) is 7.16. The highest BCUT2D eigenvalue weighted by Gasteiger charge is 2.26. The quantitative estimate of drug-likeness (QED) is 0.296. The van der Waals surface area contributed by atoms with Crippen molar-refractivity contribution in [2.75, 3.05) is 34.2 Å². The zero-order chi connectivity index (χ0) is 17.5. The molecule has 4 nitrogen and oxygen atoms in total. The summed E-state index contributed by atoms with van der Waals surface area (Å²) in [5.41, 5.74) is 0.772. The van der Waals surface area contributed by atoms with E-state index in [1.54, 1.807) is 12.1 Å². The number of nitrogens with one attached hydrogen (secondary N) is 2. The predicted octanol–water partition coefficient (Wildman–Crippen LogP) is 3.16. The summed E-state index contributed by atoms with van der Waals surface area (Å²) in [5, 5.41) is 5.57.